The van der Waals surface area contributed by atoms with Crippen LogP contribution < -0.4 is 10.1 Å². The topological polar surface area (TPSA) is 75.6 Å². The van der Waals surface area contributed by atoms with Crippen LogP contribution in [0.2, 0.25) is 0 Å². The van der Waals surface area contributed by atoms with Gasteiger partial charge >= 0.3 is 5.97 Å². The van der Waals surface area contributed by atoms with Gasteiger partial charge in [-0.05, 0) is 30.4 Å². The SMILES string of the molecule is CC(CCC(=O)O)NC(=O)COc1ccccc1C(C)(C)C. The molecular weight excluding hydrogens is 282 g/mol. The molecule has 0 aliphatic carbocycles. The van der Waals surface area contributed by atoms with Crippen LogP contribution in [0.4, 0.5) is 0 Å². The van der Waals surface area contributed by atoms with Gasteiger partial charge in [0.05, 0.1) is 0 Å². The molecule has 1 rings (SSSR count). The van der Waals surface area contributed by atoms with E-state index >= 15 is 0 Å². The molecule has 0 spiro atoms. The van der Waals surface area contributed by atoms with Gasteiger partial charge in [-0.15, -0.1) is 0 Å². The minimum Gasteiger partial charge on any atom is -0.483 e. The van der Waals surface area contributed by atoms with Gasteiger partial charge < -0.3 is 15.2 Å². The zero-order valence-corrected chi connectivity index (χ0v) is 13.7. The summed E-state index contributed by atoms with van der Waals surface area (Å²) in [6.45, 7) is 7.96. The van der Waals surface area contributed by atoms with Crippen molar-refractivity contribution >= 4 is 11.9 Å². The maximum atomic E-state index is 11.8. The maximum absolute atomic E-state index is 11.8. The smallest absolute Gasteiger partial charge is 0.303 e. The third-order valence-electron chi connectivity index (χ3n) is 3.25. The van der Waals surface area contributed by atoms with Crippen LogP contribution in [0.3, 0.4) is 0 Å². The first-order valence-corrected chi connectivity index (χ1v) is 7.43. The molecule has 0 bridgehead atoms. The van der Waals surface area contributed by atoms with Crippen LogP contribution >= 0.6 is 0 Å². The number of carbonyl (C=O) groups excluding carboxylic acids is 1. The molecule has 22 heavy (non-hydrogen) atoms. The number of rotatable bonds is 7. The molecule has 5 heteroatoms. The number of carboxylic acids is 1. The fourth-order valence-electron chi connectivity index (χ4n) is 2.08. The Hall–Kier alpha value is -2.04. The highest BCUT2D eigenvalue weighted by molar-refractivity contribution is 5.78. The number of amides is 1. The summed E-state index contributed by atoms with van der Waals surface area (Å²) < 4.78 is 5.62. The minimum atomic E-state index is -0.864. The summed E-state index contributed by atoms with van der Waals surface area (Å²) in [6, 6.07) is 7.47. The number of carbonyl (C=O) groups is 2. The van der Waals surface area contributed by atoms with E-state index in [1.54, 1.807) is 6.92 Å². The predicted molar refractivity (Wildman–Crippen MR) is 85.1 cm³/mol. The molecule has 0 fully saturated rings. The Labute approximate surface area is 131 Å². The van der Waals surface area contributed by atoms with Gasteiger partial charge in [0, 0.05) is 12.5 Å². The van der Waals surface area contributed by atoms with Crippen LogP contribution in [0.1, 0.15) is 46.1 Å². The molecule has 0 aliphatic heterocycles. The minimum absolute atomic E-state index is 0.0369. The van der Waals surface area contributed by atoms with Gasteiger partial charge in [-0.2, -0.15) is 0 Å². The van der Waals surface area contributed by atoms with Gasteiger partial charge in [-0.25, -0.2) is 0 Å². The van der Waals surface area contributed by atoms with Crippen LogP contribution in [-0.4, -0.2) is 29.6 Å². The molecule has 0 saturated carbocycles. The third kappa shape index (κ3) is 6.16. The van der Waals surface area contributed by atoms with Crippen LogP contribution in [0.15, 0.2) is 24.3 Å². The van der Waals surface area contributed by atoms with Crippen LogP contribution in [-0.2, 0) is 15.0 Å². The van der Waals surface area contributed by atoms with Crippen molar-refractivity contribution in [3.63, 3.8) is 0 Å². The summed E-state index contributed by atoms with van der Waals surface area (Å²) in [7, 11) is 0. The van der Waals surface area contributed by atoms with Gasteiger partial charge in [0.1, 0.15) is 5.75 Å². The lowest BCUT2D eigenvalue weighted by Gasteiger charge is -2.22. The van der Waals surface area contributed by atoms with Crippen molar-refractivity contribution in [1.82, 2.24) is 5.32 Å². The van der Waals surface area contributed by atoms with Gasteiger partial charge in [0.2, 0.25) is 0 Å². The Bertz CT molecular complexity index is 520. The van der Waals surface area contributed by atoms with E-state index in [-0.39, 0.29) is 30.4 Å². The fraction of sp³-hybridized carbons (Fsp3) is 0.529. The zero-order chi connectivity index (χ0) is 16.8. The summed E-state index contributed by atoms with van der Waals surface area (Å²) >= 11 is 0. The summed E-state index contributed by atoms with van der Waals surface area (Å²) in [5, 5.41) is 11.4. The van der Waals surface area contributed by atoms with Crippen LogP contribution in [0, 0.1) is 0 Å². The lowest BCUT2D eigenvalue weighted by atomic mass is 9.86. The lowest BCUT2D eigenvalue weighted by Crippen LogP contribution is -2.36. The predicted octanol–water partition coefficient (Wildman–Crippen LogP) is 2.73. The van der Waals surface area contributed by atoms with Gasteiger partial charge in [-0.1, -0.05) is 39.0 Å². The fourth-order valence-corrected chi connectivity index (χ4v) is 2.08. The number of para-hydroxylation sites is 1. The number of hydrogen-bond acceptors (Lipinski definition) is 3. The summed E-state index contributed by atoms with van der Waals surface area (Å²) in [5.74, 6) is -0.415. The number of benzene rings is 1. The Kier molecular flexibility index (Phi) is 6.40. The van der Waals surface area contributed by atoms with E-state index in [1.807, 2.05) is 24.3 Å². The van der Waals surface area contributed by atoms with Gasteiger partial charge in [-0.3, -0.25) is 9.59 Å². The molecular formula is C17H25NO4. The van der Waals surface area contributed by atoms with E-state index in [1.165, 1.54) is 0 Å². The van der Waals surface area contributed by atoms with Gasteiger partial charge in [0.15, 0.2) is 6.61 Å². The second-order valence-corrected chi connectivity index (χ2v) is 6.44. The molecule has 1 aromatic rings. The molecule has 0 aromatic heterocycles. The van der Waals surface area contributed by atoms with E-state index in [4.69, 9.17) is 9.84 Å². The van der Waals surface area contributed by atoms with Crippen LogP contribution in [0.25, 0.3) is 0 Å². The largest absolute Gasteiger partial charge is 0.483 e. The summed E-state index contributed by atoms with van der Waals surface area (Å²) in [5.41, 5.74) is 0.976. The molecule has 1 atom stereocenters. The zero-order valence-electron chi connectivity index (χ0n) is 13.7. The van der Waals surface area contributed by atoms with Crippen molar-refractivity contribution in [1.29, 1.82) is 0 Å². The third-order valence-corrected chi connectivity index (χ3v) is 3.25. The molecule has 0 heterocycles. The molecule has 0 saturated heterocycles. The molecule has 1 aromatic carbocycles. The molecule has 1 amide bonds. The standard InChI is InChI=1S/C17H25NO4/c1-12(9-10-16(20)21)18-15(19)11-22-14-8-6-5-7-13(14)17(2,3)4/h5-8,12H,9-11H2,1-4H3,(H,18,19)(H,20,21). The Balaban J connectivity index is 2.53. The molecule has 0 aliphatic rings. The lowest BCUT2D eigenvalue weighted by molar-refractivity contribution is -0.137. The Morgan fingerprint density at radius 1 is 1.27 bits per heavy atom. The number of carboxylic acid groups (broad SMARTS) is 1. The number of hydrogen-bond donors (Lipinski definition) is 2. The monoisotopic (exact) mass is 307 g/mol. The van der Waals surface area contributed by atoms with E-state index < -0.39 is 5.97 Å². The van der Waals surface area contributed by atoms with Gasteiger partial charge in [0.25, 0.3) is 5.91 Å². The highest BCUT2D eigenvalue weighted by Crippen LogP contribution is 2.30. The maximum Gasteiger partial charge on any atom is 0.303 e. The summed E-state index contributed by atoms with van der Waals surface area (Å²) in [6.07, 6.45) is 0.439. The second-order valence-electron chi connectivity index (χ2n) is 6.44. The summed E-state index contributed by atoms with van der Waals surface area (Å²) in [4.78, 5) is 22.3. The molecule has 5 nitrogen and oxygen atoms in total. The first kappa shape index (κ1) is 18.0. The Morgan fingerprint density at radius 2 is 1.91 bits per heavy atom. The molecule has 122 valence electrons. The molecule has 2 N–H and O–H groups in total. The van der Waals surface area contributed by atoms with E-state index in [9.17, 15) is 9.59 Å². The molecule has 0 radical (unpaired) electrons. The van der Waals surface area contributed by atoms with Crippen molar-refractivity contribution in [2.75, 3.05) is 6.61 Å². The number of aliphatic carboxylic acids is 1. The number of ether oxygens (including phenoxy) is 1. The second kappa shape index (κ2) is 7.82. The highest BCUT2D eigenvalue weighted by atomic mass is 16.5. The first-order valence-electron chi connectivity index (χ1n) is 7.43. The highest BCUT2D eigenvalue weighted by Gasteiger charge is 2.19. The van der Waals surface area contributed by atoms with E-state index in [0.29, 0.717) is 12.2 Å². The molecule has 1 unspecified atom stereocenters. The van der Waals surface area contributed by atoms with Crippen molar-refractivity contribution in [3.8, 4) is 5.75 Å². The van der Waals surface area contributed by atoms with Crippen molar-refractivity contribution in [3.05, 3.63) is 29.8 Å². The van der Waals surface area contributed by atoms with E-state index in [0.717, 1.165) is 5.56 Å². The van der Waals surface area contributed by atoms with Crippen molar-refractivity contribution < 1.29 is 19.4 Å². The van der Waals surface area contributed by atoms with Crippen LogP contribution in [0.5, 0.6) is 5.75 Å². The normalized spacial score (nSPS) is 12.5. The average molecular weight is 307 g/mol. The Morgan fingerprint density at radius 3 is 2.50 bits per heavy atom. The first-order chi connectivity index (χ1) is 10.2. The number of nitrogens with one attached hydrogen (secondary N) is 1. The average Bonchev–Trinajstić information content (AvgIpc) is 2.42. The quantitative estimate of drug-likeness (QED) is 0.812. The van der Waals surface area contributed by atoms with E-state index in [2.05, 4.69) is 26.1 Å². The van der Waals surface area contributed by atoms with Crippen molar-refractivity contribution in [2.45, 2.75) is 52.0 Å². The van der Waals surface area contributed by atoms with Crippen molar-refractivity contribution in [2.24, 2.45) is 0 Å².